The number of ether oxygens (including phenoxy) is 1. The van der Waals surface area contributed by atoms with Crippen LogP contribution in [-0.4, -0.2) is 19.8 Å². The zero-order valence-corrected chi connectivity index (χ0v) is 12.0. The van der Waals surface area contributed by atoms with E-state index in [9.17, 15) is 13.2 Å². The van der Waals surface area contributed by atoms with Gasteiger partial charge >= 0.3 is 6.18 Å². The maximum Gasteiger partial charge on any atom is 0.416 e. The Kier molecular flexibility index (Phi) is 7.02. The molecule has 5 heteroatoms. The second-order valence-electron chi connectivity index (χ2n) is 4.53. The Morgan fingerprint density at radius 3 is 2.50 bits per heavy atom. The van der Waals surface area contributed by atoms with Gasteiger partial charge in [-0.05, 0) is 37.9 Å². The fourth-order valence-electron chi connectivity index (χ4n) is 2.21. The summed E-state index contributed by atoms with van der Waals surface area (Å²) in [6, 6.07) is 5.48. The van der Waals surface area contributed by atoms with Crippen LogP contribution in [0, 0.1) is 0 Å². The second-order valence-corrected chi connectivity index (χ2v) is 4.53. The molecular formula is C15H22F3NO. The second kappa shape index (κ2) is 8.27. The Morgan fingerprint density at radius 2 is 1.90 bits per heavy atom. The van der Waals surface area contributed by atoms with E-state index in [1.54, 1.807) is 12.1 Å². The monoisotopic (exact) mass is 289 g/mol. The van der Waals surface area contributed by atoms with Gasteiger partial charge in [-0.1, -0.05) is 25.1 Å². The Balaban J connectivity index is 2.85. The number of rotatable bonds is 8. The minimum absolute atomic E-state index is 0.293. The lowest BCUT2D eigenvalue weighted by molar-refractivity contribution is -0.138. The summed E-state index contributed by atoms with van der Waals surface area (Å²) in [5, 5.41) is 3.13. The van der Waals surface area contributed by atoms with Crippen molar-refractivity contribution in [3.8, 4) is 0 Å². The Hall–Kier alpha value is -1.07. The van der Waals surface area contributed by atoms with Crippen LogP contribution < -0.4 is 5.32 Å². The molecule has 1 rings (SSSR count). The molecule has 0 saturated carbocycles. The average Bonchev–Trinajstić information content (AvgIpc) is 2.41. The Bertz CT molecular complexity index is 393. The molecule has 0 spiro atoms. The highest BCUT2D eigenvalue weighted by atomic mass is 19.4. The third kappa shape index (κ3) is 5.13. The minimum Gasteiger partial charge on any atom is -0.382 e. The summed E-state index contributed by atoms with van der Waals surface area (Å²) >= 11 is 0. The largest absolute Gasteiger partial charge is 0.416 e. The smallest absolute Gasteiger partial charge is 0.382 e. The maximum absolute atomic E-state index is 13.0. The van der Waals surface area contributed by atoms with Gasteiger partial charge < -0.3 is 10.1 Å². The summed E-state index contributed by atoms with van der Waals surface area (Å²) in [6.07, 6.45) is -2.96. The molecule has 0 aliphatic rings. The average molecular weight is 289 g/mol. The van der Waals surface area contributed by atoms with Gasteiger partial charge in [-0.25, -0.2) is 0 Å². The van der Waals surface area contributed by atoms with E-state index in [0.29, 0.717) is 31.7 Å². The van der Waals surface area contributed by atoms with Crippen LogP contribution in [0.25, 0.3) is 0 Å². The van der Waals surface area contributed by atoms with E-state index in [-0.39, 0.29) is 6.04 Å². The van der Waals surface area contributed by atoms with Crippen molar-refractivity contribution in [1.82, 2.24) is 5.32 Å². The lowest BCUT2D eigenvalue weighted by Gasteiger charge is -2.22. The third-order valence-corrected chi connectivity index (χ3v) is 3.08. The first-order valence-corrected chi connectivity index (χ1v) is 6.98. The van der Waals surface area contributed by atoms with Crippen molar-refractivity contribution in [2.75, 3.05) is 19.8 Å². The first kappa shape index (κ1) is 17.0. The first-order chi connectivity index (χ1) is 9.50. The van der Waals surface area contributed by atoms with Crippen molar-refractivity contribution in [3.63, 3.8) is 0 Å². The van der Waals surface area contributed by atoms with Crippen molar-refractivity contribution in [3.05, 3.63) is 35.4 Å². The Morgan fingerprint density at radius 1 is 1.20 bits per heavy atom. The fraction of sp³-hybridized carbons (Fsp3) is 0.600. The molecule has 20 heavy (non-hydrogen) atoms. The van der Waals surface area contributed by atoms with Crippen LogP contribution in [0.4, 0.5) is 13.2 Å². The minimum atomic E-state index is -4.32. The summed E-state index contributed by atoms with van der Waals surface area (Å²) < 4.78 is 44.4. The van der Waals surface area contributed by atoms with Gasteiger partial charge in [0.1, 0.15) is 0 Å². The van der Waals surface area contributed by atoms with Gasteiger partial charge in [0.25, 0.3) is 0 Å². The van der Waals surface area contributed by atoms with Crippen molar-refractivity contribution < 1.29 is 17.9 Å². The summed E-state index contributed by atoms with van der Waals surface area (Å²) in [5.41, 5.74) is -0.235. The van der Waals surface area contributed by atoms with Gasteiger partial charge in [0.2, 0.25) is 0 Å². The van der Waals surface area contributed by atoms with Gasteiger partial charge in [0.05, 0.1) is 5.56 Å². The molecule has 1 unspecified atom stereocenters. The molecule has 0 fully saturated rings. The predicted octanol–water partition coefficient (Wildman–Crippen LogP) is 4.17. The van der Waals surface area contributed by atoms with Crippen LogP contribution in [0.3, 0.4) is 0 Å². The highest BCUT2D eigenvalue weighted by Gasteiger charge is 2.34. The van der Waals surface area contributed by atoms with E-state index < -0.39 is 11.7 Å². The molecule has 0 amide bonds. The topological polar surface area (TPSA) is 21.3 Å². The number of benzene rings is 1. The third-order valence-electron chi connectivity index (χ3n) is 3.08. The predicted molar refractivity (Wildman–Crippen MR) is 73.6 cm³/mol. The fourth-order valence-corrected chi connectivity index (χ4v) is 2.21. The molecule has 114 valence electrons. The molecule has 1 N–H and O–H groups in total. The van der Waals surface area contributed by atoms with Crippen molar-refractivity contribution >= 4 is 0 Å². The summed E-state index contributed by atoms with van der Waals surface area (Å²) in [6.45, 7) is 5.63. The van der Waals surface area contributed by atoms with Crippen molar-refractivity contribution in [1.29, 1.82) is 0 Å². The standard InChI is InChI=1S/C15H22F3NO/c1-3-19-14(10-7-11-20-4-2)12-8-5-6-9-13(12)15(16,17)18/h5-6,8-9,14,19H,3-4,7,10-11H2,1-2H3. The zero-order chi connectivity index (χ0) is 15.0. The molecule has 0 heterocycles. The lowest BCUT2D eigenvalue weighted by atomic mass is 9.96. The molecule has 1 aromatic carbocycles. The van der Waals surface area contributed by atoms with Crippen LogP contribution in [0.1, 0.15) is 43.9 Å². The van der Waals surface area contributed by atoms with E-state index in [1.165, 1.54) is 6.07 Å². The summed E-state index contributed by atoms with van der Waals surface area (Å²) in [4.78, 5) is 0. The van der Waals surface area contributed by atoms with Gasteiger partial charge in [-0.15, -0.1) is 0 Å². The van der Waals surface area contributed by atoms with Crippen LogP contribution >= 0.6 is 0 Å². The number of nitrogens with one attached hydrogen (secondary N) is 1. The van der Waals surface area contributed by atoms with E-state index >= 15 is 0 Å². The highest BCUT2D eigenvalue weighted by Crippen LogP contribution is 2.35. The van der Waals surface area contributed by atoms with Crippen LogP contribution in [0.15, 0.2) is 24.3 Å². The number of halogens is 3. The molecule has 0 bridgehead atoms. The quantitative estimate of drug-likeness (QED) is 0.725. The van der Waals surface area contributed by atoms with Crippen molar-refractivity contribution in [2.45, 2.75) is 38.9 Å². The molecular weight excluding hydrogens is 267 g/mol. The molecule has 0 aliphatic heterocycles. The van der Waals surface area contributed by atoms with Gasteiger partial charge in [-0.2, -0.15) is 13.2 Å². The maximum atomic E-state index is 13.0. The van der Waals surface area contributed by atoms with E-state index in [4.69, 9.17) is 4.74 Å². The molecule has 2 nitrogen and oxygen atoms in total. The summed E-state index contributed by atoms with van der Waals surface area (Å²) in [5.74, 6) is 0. The lowest BCUT2D eigenvalue weighted by Crippen LogP contribution is -2.24. The van der Waals surface area contributed by atoms with Crippen molar-refractivity contribution in [2.24, 2.45) is 0 Å². The molecule has 0 radical (unpaired) electrons. The molecule has 0 aromatic heterocycles. The number of hydrogen-bond donors (Lipinski definition) is 1. The molecule has 0 aliphatic carbocycles. The molecule has 1 atom stereocenters. The van der Waals surface area contributed by atoms with Gasteiger partial charge in [-0.3, -0.25) is 0 Å². The number of hydrogen-bond acceptors (Lipinski definition) is 2. The van der Waals surface area contributed by atoms with Crippen LogP contribution in [-0.2, 0) is 10.9 Å². The SMILES string of the molecule is CCNC(CCCOCC)c1ccccc1C(F)(F)F. The van der Waals surface area contributed by atoms with E-state index in [2.05, 4.69) is 5.32 Å². The molecule has 1 aromatic rings. The van der Waals surface area contributed by atoms with Crippen LogP contribution in [0.2, 0.25) is 0 Å². The van der Waals surface area contributed by atoms with Gasteiger partial charge in [0, 0.05) is 19.3 Å². The normalized spacial score (nSPS) is 13.4. The zero-order valence-electron chi connectivity index (χ0n) is 12.0. The number of alkyl halides is 3. The summed E-state index contributed by atoms with van der Waals surface area (Å²) in [7, 11) is 0. The first-order valence-electron chi connectivity index (χ1n) is 6.98. The molecule has 0 saturated heterocycles. The van der Waals surface area contributed by atoms with E-state index in [0.717, 1.165) is 12.5 Å². The van der Waals surface area contributed by atoms with Gasteiger partial charge in [0.15, 0.2) is 0 Å². The van der Waals surface area contributed by atoms with Crippen LogP contribution in [0.5, 0.6) is 0 Å². The highest BCUT2D eigenvalue weighted by molar-refractivity contribution is 5.32. The van der Waals surface area contributed by atoms with E-state index in [1.807, 2.05) is 13.8 Å². The Labute approximate surface area is 118 Å².